The Balaban J connectivity index is 1.78. The van der Waals surface area contributed by atoms with Crippen LogP contribution in [0, 0.1) is 20.2 Å². The topological polar surface area (TPSA) is 119 Å². The first kappa shape index (κ1) is 15.6. The molecule has 24 heavy (non-hydrogen) atoms. The molecular formula is C14H14N6O4. The lowest BCUT2D eigenvalue weighted by molar-refractivity contribution is -0.384. The lowest BCUT2D eigenvalue weighted by Gasteiger charge is -2.35. The number of aromatic nitrogens is 2. The minimum absolute atomic E-state index is 0.0465. The van der Waals surface area contributed by atoms with Crippen molar-refractivity contribution in [3.05, 3.63) is 56.9 Å². The van der Waals surface area contributed by atoms with Crippen LogP contribution in [-0.4, -0.2) is 46.0 Å². The van der Waals surface area contributed by atoms with E-state index in [1.807, 2.05) is 9.80 Å². The number of rotatable bonds is 4. The zero-order chi connectivity index (χ0) is 17.1. The van der Waals surface area contributed by atoms with Crippen LogP contribution in [0.4, 0.5) is 23.0 Å². The maximum atomic E-state index is 11.1. The van der Waals surface area contributed by atoms with Crippen LogP contribution in [0.2, 0.25) is 0 Å². The lowest BCUT2D eigenvalue weighted by Crippen LogP contribution is -2.47. The fraction of sp³-hybridized carbons (Fsp3) is 0.286. The molecule has 124 valence electrons. The minimum Gasteiger partial charge on any atom is -0.347 e. The third kappa shape index (κ3) is 2.93. The molecule has 0 atom stereocenters. The van der Waals surface area contributed by atoms with Gasteiger partial charge in [0, 0.05) is 50.7 Å². The first-order valence-corrected chi connectivity index (χ1v) is 7.26. The van der Waals surface area contributed by atoms with Crippen molar-refractivity contribution in [1.82, 2.24) is 9.97 Å². The number of nitrogens with zero attached hydrogens (tertiary/aromatic N) is 6. The second kappa shape index (κ2) is 6.44. The largest absolute Gasteiger partial charge is 0.347 e. The van der Waals surface area contributed by atoms with Gasteiger partial charge in [0.1, 0.15) is 0 Å². The third-order valence-corrected chi connectivity index (χ3v) is 3.80. The minimum atomic E-state index is -0.460. The van der Waals surface area contributed by atoms with Gasteiger partial charge in [0.15, 0.2) is 0 Å². The van der Waals surface area contributed by atoms with Gasteiger partial charge in [-0.05, 0) is 12.1 Å². The molecule has 0 amide bonds. The predicted molar refractivity (Wildman–Crippen MR) is 86.2 cm³/mol. The highest BCUT2D eigenvalue weighted by atomic mass is 16.6. The van der Waals surface area contributed by atoms with E-state index in [1.165, 1.54) is 36.7 Å². The number of piperazine rings is 1. The molecule has 1 aliphatic heterocycles. The second-order valence-electron chi connectivity index (χ2n) is 5.18. The first-order valence-electron chi connectivity index (χ1n) is 7.26. The molecule has 10 nitrogen and oxygen atoms in total. The SMILES string of the molecule is O=[N+]([O-])c1cccnc1N1CCN(c2ncccc2[N+](=O)[O-])CC1. The molecule has 2 aromatic rings. The van der Waals surface area contributed by atoms with Crippen molar-refractivity contribution < 1.29 is 9.85 Å². The number of pyridine rings is 2. The fourth-order valence-electron chi connectivity index (χ4n) is 2.68. The Hall–Kier alpha value is -3.30. The molecule has 3 rings (SSSR count). The van der Waals surface area contributed by atoms with Gasteiger partial charge in [0.05, 0.1) is 9.85 Å². The Morgan fingerprint density at radius 2 is 1.17 bits per heavy atom. The number of hydrogen-bond donors (Lipinski definition) is 0. The summed E-state index contributed by atoms with van der Waals surface area (Å²) in [6.07, 6.45) is 3.02. The molecule has 0 spiro atoms. The average Bonchev–Trinajstić information content (AvgIpc) is 2.62. The molecule has 1 fully saturated rings. The van der Waals surface area contributed by atoms with Crippen LogP contribution in [0.3, 0.4) is 0 Å². The maximum absolute atomic E-state index is 11.1. The first-order chi connectivity index (χ1) is 11.6. The van der Waals surface area contributed by atoms with E-state index >= 15 is 0 Å². The van der Waals surface area contributed by atoms with Gasteiger partial charge >= 0.3 is 11.4 Å². The van der Waals surface area contributed by atoms with Crippen LogP contribution in [-0.2, 0) is 0 Å². The summed E-state index contributed by atoms with van der Waals surface area (Å²) < 4.78 is 0. The van der Waals surface area contributed by atoms with Crippen LogP contribution in [0.15, 0.2) is 36.7 Å². The average molecular weight is 330 g/mol. The van der Waals surface area contributed by atoms with Crippen molar-refractivity contribution in [2.75, 3.05) is 36.0 Å². The zero-order valence-electron chi connectivity index (χ0n) is 12.6. The number of anilines is 2. The third-order valence-electron chi connectivity index (χ3n) is 3.80. The summed E-state index contributed by atoms with van der Waals surface area (Å²) in [5.74, 6) is 0.635. The Kier molecular flexibility index (Phi) is 4.18. The van der Waals surface area contributed by atoms with E-state index in [0.29, 0.717) is 37.8 Å². The summed E-state index contributed by atoms with van der Waals surface area (Å²) in [5.41, 5.74) is -0.0930. The summed E-state index contributed by atoms with van der Waals surface area (Å²) in [7, 11) is 0. The molecular weight excluding hydrogens is 316 g/mol. The maximum Gasteiger partial charge on any atom is 0.311 e. The van der Waals surface area contributed by atoms with Gasteiger partial charge in [-0.2, -0.15) is 0 Å². The fourth-order valence-corrected chi connectivity index (χ4v) is 2.68. The van der Waals surface area contributed by atoms with Gasteiger partial charge in [0.25, 0.3) is 0 Å². The molecule has 10 heteroatoms. The smallest absolute Gasteiger partial charge is 0.311 e. The lowest BCUT2D eigenvalue weighted by atomic mass is 10.2. The Labute approximate surface area is 136 Å². The van der Waals surface area contributed by atoms with Crippen molar-refractivity contribution >= 4 is 23.0 Å². The summed E-state index contributed by atoms with van der Waals surface area (Å²) >= 11 is 0. The van der Waals surface area contributed by atoms with E-state index in [0.717, 1.165) is 0 Å². The standard InChI is InChI=1S/C14H14N6O4/c21-19(22)11-3-1-5-15-13(11)17-7-9-18(10-8-17)14-12(20(23)24)4-2-6-16-14/h1-6H,7-10H2. The highest BCUT2D eigenvalue weighted by Gasteiger charge is 2.28. The molecule has 1 saturated heterocycles. The Bertz CT molecular complexity index is 710. The summed E-state index contributed by atoms with van der Waals surface area (Å²) in [5, 5.41) is 22.2. The van der Waals surface area contributed by atoms with Crippen molar-refractivity contribution in [2.24, 2.45) is 0 Å². The Morgan fingerprint density at radius 1 is 0.792 bits per heavy atom. The quantitative estimate of drug-likeness (QED) is 0.613. The van der Waals surface area contributed by atoms with Crippen molar-refractivity contribution in [2.45, 2.75) is 0 Å². The van der Waals surface area contributed by atoms with E-state index in [2.05, 4.69) is 9.97 Å². The predicted octanol–water partition coefficient (Wildman–Crippen LogP) is 1.62. The summed E-state index contributed by atoms with van der Waals surface area (Å²) in [6.45, 7) is 1.86. The molecule has 0 bridgehead atoms. The molecule has 3 heterocycles. The monoisotopic (exact) mass is 330 g/mol. The van der Waals surface area contributed by atoms with Crippen molar-refractivity contribution in [3.63, 3.8) is 0 Å². The number of hydrogen-bond acceptors (Lipinski definition) is 8. The molecule has 0 N–H and O–H groups in total. The van der Waals surface area contributed by atoms with E-state index in [1.54, 1.807) is 0 Å². The summed E-state index contributed by atoms with van der Waals surface area (Å²) in [4.78, 5) is 33.1. The highest BCUT2D eigenvalue weighted by Crippen LogP contribution is 2.29. The van der Waals surface area contributed by atoms with Gasteiger partial charge in [0.2, 0.25) is 11.6 Å². The van der Waals surface area contributed by atoms with Crippen LogP contribution >= 0.6 is 0 Å². The van der Waals surface area contributed by atoms with Crippen LogP contribution in [0.25, 0.3) is 0 Å². The second-order valence-corrected chi connectivity index (χ2v) is 5.18. The van der Waals surface area contributed by atoms with E-state index < -0.39 is 9.85 Å². The molecule has 2 aromatic heterocycles. The summed E-state index contributed by atoms with van der Waals surface area (Å²) in [6, 6.07) is 5.88. The van der Waals surface area contributed by atoms with Crippen molar-refractivity contribution in [3.8, 4) is 0 Å². The zero-order valence-corrected chi connectivity index (χ0v) is 12.6. The van der Waals surface area contributed by atoms with Crippen molar-refractivity contribution in [1.29, 1.82) is 0 Å². The van der Waals surface area contributed by atoms with Crippen LogP contribution in [0.1, 0.15) is 0 Å². The van der Waals surface area contributed by atoms with Crippen LogP contribution in [0.5, 0.6) is 0 Å². The van der Waals surface area contributed by atoms with Gasteiger partial charge in [-0.15, -0.1) is 0 Å². The molecule has 0 saturated carbocycles. The molecule has 1 aliphatic rings. The Morgan fingerprint density at radius 3 is 1.50 bits per heavy atom. The van der Waals surface area contributed by atoms with E-state index in [-0.39, 0.29) is 11.4 Å². The highest BCUT2D eigenvalue weighted by molar-refractivity contribution is 5.61. The van der Waals surface area contributed by atoms with E-state index in [4.69, 9.17) is 0 Å². The molecule has 0 aromatic carbocycles. The van der Waals surface area contributed by atoms with Gasteiger partial charge in [-0.25, -0.2) is 9.97 Å². The molecule has 0 radical (unpaired) electrons. The van der Waals surface area contributed by atoms with Gasteiger partial charge in [-0.3, -0.25) is 20.2 Å². The number of nitro groups is 2. The van der Waals surface area contributed by atoms with Gasteiger partial charge < -0.3 is 9.80 Å². The molecule has 0 aliphatic carbocycles. The van der Waals surface area contributed by atoms with Crippen LogP contribution < -0.4 is 9.80 Å². The molecule has 0 unspecified atom stereocenters. The van der Waals surface area contributed by atoms with E-state index in [9.17, 15) is 20.2 Å². The van der Waals surface area contributed by atoms with Gasteiger partial charge in [-0.1, -0.05) is 0 Å². The normalized spacial score (nSPS) is 14.5.